The summed E-state index contributed by atoms with van der Waals surface area (Å²) in [7, 11) is 0. The van der Waals surface area contributed by atoms with E-state index in [4.69, 9.17) is 9.47 Å². The van der Waals surface area contributed by atoms with Crippen LogP contribution in [0.5, 0.6) is 0 Å². The lowest BCUT2D eigenvalue weighted by Crippen LogP contribution is -2.14. The van der Waals surface area contributed by atoms with Crippen molar-refractivity contribution in [1.29, 1.82) is 0 Å². The maximum Gasteiger partial charge on any atom is 0.416 e. The van der Waals surface area contributed by atoms with Gasteiger partial charge in [0, 0.05) is 5.56 Å². The molecule has 0 bridgehead atoms. The first-order valence-corrected chi connectivity index (χ1v) is 13.1. The van der Waals surface area contributed by atoms with E-state index in [0.29, 0.717) is 33.4 Å². The molecule has 0 aliphatic heterocycles. The van der Waals surface area contributed by atoms with Crippen molar-refractivity contribution in [1.82, 2.24) is 0 Å². The molecule has 0 aliphatic rings. The van der Waals surface area contributed by atoms with Crippen molar-refractivity contribution >= 4 is 5.97 Å². The number of halogens is 5. The molecule has 41 heavy (non-hydrogen) atoms. The van der Waals surface area contributed by atoms with Crippen molar-refractivity contribution in [3.05, 3.63) is 118 Å². The lowest BCUT2D eigenvalue weighted by Gasteiger charge is -2.24. The number of alkyl halides is 3. The number of benzene rings is 4. The highest BCUT2D eigenvalue weighted by molar-refractivity contribution is 6.05. The van der Waals surface area contributed by atoms with Crippen LogP contribution < -0.4 is 0 Å². The van der Waals surface area contributed by atoms with Crippen LogP contribution in [0.1, 0.15) is 59.3 Å². The molecule has 0 saturated carbocycles. The van der Waals surface area contributed by atoms with Crippen LogP contribution >= 0.6 is 0 Å². The van der Waals surface area contributed by atoms with Gasteiger partial charge in [-0.05, 0) is 88.7 Å². The second-order valence-electron chi connectivity index (χ2n) is 9.82. The number of hydrogen-bond acceptors (Lipinski definition) is 3. The number of carbonyl (C=O) groups excluding carboxylic acids is 1. The van der Waals surface area contributed by atoms with Gasteiger partial charge in [0.1, 0.15) is 11.6 Å². The molecule has 0 fully saturated rings. The maximum atomic E-state index is 13.9. The van der Waals surface area contributed by atoms with Gasteiger partial charge in [0.05, 0.1) is 30.9 Å². The van der Waals surface area contributed by atoms with Gasteiger partial charge in [-0.25, -0.2) is 13.6 Å². The summed E-state index contributed by atoms with van der Waals surface area (Å²) in [6.07, 6.45) is -4.48. The summed E-state index contributed by atoms with van der Waals surface area (Å²) in [6, 6.07) is 18.1. The summed E-state index contributed by atoms with van der Waals surface area (Å²) in [4.78, 5) is 13.5. The predicted octanol–water partition coefficient (Wildman–Crippen LogP) is 9.33. The van der Waals surface area contributed by atoms with Gasteiger partial charge in [-0.3, -0.25) is 0 Å². The fraction of sp³-hybridized carbons (Fsp3) is 0.242. The number of ether oxygens (including phenoxy) is 2. The van der Waals surface area contributed by atoms with Gasteiger partial charge < -0.3 is 9.47 Å². The number of hydrogen-bond donors (Lipinski definition) is 0. The first-order chi connectivity index (χ1) is 19.5. The molecule has 0 N–H and O–H groups in total. The minimum atomic E-state index is -4.48. The van der Waals surface area contributed by atoms with Crippen molar-refractivity contribution in [3.63, 3.8) is 0 Å². The highest BCUT2D eigenvalue weighted by Gasteiger charge is 2.30. The van der Waals surface area contributed by atoms with E-state index in [0.717, 1.165) is 17.7 Å². The molecule has 0 atom stereocenters. The molecule has 214 valence electrons. The number of rotatable bonds is 9. The zero-order valence-corrected chi connectivity index (χ0v) is 22.8. The first kappa shape index (κ1) is 29.9. The lowest BCUT2D eigenvalue weighted by atomic mass is 9.82. The molecular weight excluding hydrogens is 539 g/mol. The van der Waals surface area contributed by atoms with Gasteiger partial charge in [0.15, 0.2) is 0 Å². The van der Waals surface area contributed by atoms with Crippen LogP contribution in [0, 0.1) is 11.6 Å². The Kier molecular flexibility index (Phi) is 9.23. The third kappa shape index (κ3) is 7.00. The topological polar surface area (TPSA) is 35.5 Å². The molecule has 0 unspecified atom stereocenters. The Morgan fingerprint density at radius 1 is 0.829 bits per heavy atom. The van der Waals surface area contributed by atoms with Crippen molar-refractivity contribution in [2.45, 2.75) is 46.1 Å². The smallest absolute Gasteiger partial charge is 0.416 e. The van der Waals surface area contributed by atoms with Gasteiger partial charge in [0.25, 0.3) is 0 Å². The van der Waals surface area contributed by atoms with Crippen LogP contribution in [-0.2, 0) is 28.9 Å². The Morgan fingerprint density at radius 3 is 2.00 bits per heavy atom. The van der Waals surface area contributed by atoms with E-state index >= 15 is 0 Å². The van der Waals surface area contributed by atoms with E-state index in [2.05, 4.69) is 0 Å². The maximum absolute atomic E-state index is 13.9. The summed E-state index contributed by atoms with van der Waals surface area (Å²) >= 11 is 0. The summed E-state index contributed by atoms with van der Waals surface area (Å²) < 4.78 is 78.8. The summed E-state index contributed by atoms with van der Waals surface area (Å²) in [5.74, 6) is -1.60. The van der Waals surface area contributed by atoms with Crippen molar-refractivity contribution in [2.75, 3.05) is 6.61 Å². The molecule has 0 heterocycles. The van der Waals surface area contributed by atoms with E-state index in [1.807, 2.05) is 19.9 Å². The largest absolute Gasteiger partial charge is 0.462 e. The summed E-state index contributed by atoms with van der Waals surface area (Å²) in [5, 5.41) is 0. The molecule has 0 radical (unpaired) electrons. The minimum absolute atomic E-state index is 0.0490. The molecule has 4 aromatic carbocycles. The van der Waals surface area contributed by atoms with E-state index in [9.17, 15) is 26.7 Å². The Bertz CT molecular complexity index is 1510. The molecule has 0 aromatic heterocycles. The molecule has 4 rings (SSSR count). The van der Waals surface area contributed by atoms with Gasteiger partial charge >= 0.3 is 12.1 Å². The van der Waals surface area contributed by atoms with E-state index in [1.165, 1.54) is 30.3 Å². The van der Waals surface area contributed by atoms with Gasteiger partial charge in [-0.15, -0.1) is 0 Å². The van der Waals surface area contributed by atoms with Gasteiger partial charge in [-0.2, -0.15) is 13.2 Å². The molecule has 0 amide bonds. The monoisotopic (exact) mass is 568 g/mol. The average Bonchev–Trinajstić information content (AvgIpc) is 2.93. The quantitative estimate of drug-likeness (QED) is 0.149. The van der Waals surface area contributed by atoms with Crippen LogP contribution in [0.3, 0.4) is 0 Å². The highest BCUT2D eigenvalue weighted by atomic mass is 19.4. The molecule has 0 spiro atoms. The molecule has 4 aromatic rings. The van der Waals surface area contributed by atoms with Crippen LogP contribution in [0.4, 0.5) is 22.0 Å². The molecule has 0 aliphatic carbocycles. The average molecular weight is 569 g/mol. The Morgan fingerprint density at radius 2 is 1.44 bits per heavy atom. The van der Waals surface area contributed by atoms with Crippen molar-refractivity contribution in [3.8, 4) is 22.3 Å². The van der Waals surface area contributed by atoms with Crippen LogP contribution in [0.15, 0.2) is 78.9 Å². The normalized spacial score (nSPS) is 11.6. The lowest BCUT2D eigenvalue weighted by molar-refractivity contribution is -0.137. The van der Waals surface area contributed by atoms with E-state index < -0.39 is 29.3 Å². The predicted molar refractivity (Wildman–Crippen MR) is 147 cm³/mol. The number of esters is 1. The van der Waals surface area contributed by atoms with Crippen LogP contribution in [-0.4, -0.2) is 12.6 Å². The standard InChI is InChI=1S/C33H29F5O3/c1-4-41-32(39)31-28(22-8-12-25(34)13-9-22)17-27(20(2)3)29(30(31)23-10-14-26(35)15-11-23)19-40-18-21-6-5-7-24(16-21)33(36,37)38/h5-17,20H,4,18-19H2,1-3H3. The van der Waals surface area contributed by atoms with Crippen LogP contribution in [0.2, 0.25) is 0 Å². The third-order valence-corrected chi connectivity index (χ3v) is 6.63. The van der Waals surface area contributed by atoms with Gasteiger partial charge in [0.2, 0.25) is 0 Å². The van der Waals surface area contributed by atoms with Gasteiger partial charge in [-0.1, -0.05) is 50.2 Å². The zero-order valence-electron chi connectivity index (χ0n) is 22.8. The molecule has 3 nitrogen and oxygen atoms in total. The molecule has 8 heteroatoms. The Labute approximate surface area is 235 Å². The fourth-order valence-corrected chi connectivity index (χ4v) is 4.73. The van der Waals surface area contributed by atoms with Crippen molar-refractivity contribution < 1.29 is 36.2 Å². The summed E-state index contributed by atoms with van der Waals surface area (Å²) in [6.45, 7) is 5.52. The highest BCUT2D eigenvalue weighted by Crippen LogP contribution is 2.41. The summed E-state index contributed by atoms with van der Waals surface area (Å²) in [5.41, 5.74) is 3.25. The van der Waals surface area contributed by atoms with Crippen molar-refractivity contribution in [2.24, 2.45) is 0 Å². The second-order valence-corrected chi connectivity index (χ2v) is 9.82. The molecule has 0 saturated heterocycles. The Balaban J connectivity index is 1.90. The third-order valence-electron chi connectivity index (χ3n) is 6.63. The zero-order chi connectivity index (χ0) is 29.7. The Hall–Kier alpha value is -4.04. The minimum Gasteiger partial charge on any atom is -0.462 e. The first-order valence-electron chi connectivity index (χ1n) is 13.1. The fourth-order valence-electron chi connectivity index (χ4n) is 4.73. The van der Waals surface area contributed by atoms with E-state index in [-0.39, 0.29) is 31.3 Å². The molecular formula is C33H29F5O3. The number of carbonyl (C=O) groups is 1. The van der Waals surface area contributed by atoms with E-state index in [1.54, 1.807) is 37.3 Å². The second kappa shape index (κ2) is 12.6. The SMILES string of the molecule is CCOC(=O)c1c(-c2ccc(F)cc2)cc(C(C)C)c(COCc2cccc(C(F)(F)F)c2)c1-c1ccc(F)cc1. The van der Waals surface area contributed by atoms with Crippen LogP contribution in [0.25, 0.3) is 22.3 Å².